The number of carboxylic acids is 1. The van der Waals surface area contributed by atoms with Crippen LogP contribution < -0.4 is 0 Å². The van der Waals surface area contributed by atoms with Crippen molar-refractivity contribution in [1.82, 2.24) is 9.97 Å². The summed E-state index contributed by atoms with van der Waals surface area (Å²) in [6.07, 6.45) is 0. The van der Waals surface area contributed by atoms with Gasteiger partial charge in [0.2, 0.25) is 0 Å². The van der Waals surface area contributed by atoms with Crippen molar-refractivity contribution in [1.29, 1.82) is 0 Å². The topological polar surface area (TPSA) is 86.2 Å². The minimum absolute atomic E-state index is 0.146. The van der Waals surface area contributed by atoms with Crippen LogP contribution in [0.5, 0.6) is 0 Å². The zero-order valence-electron chi connectivity index (χ0n) is 7.49. The SMILES string of the molecule is O=C(O)c1cc(F)cc2[nH]c(CO)nc12. The largest absolute Gasteiger partial charge is 0.478 e. The minimum atomic E-state index is -1.25. The smallest absolute Gasteiger partial charge is 0.338 e. The van der Waals surface area contributed by atoms with Gasteiger partial charge in [-0.05, 0) is 12.1 Å². The molecule has 0 radical (unpaired) electrons. The number of nitrogens with zero attached hydrogens (tertiary/aromatic N) is 1. The molecule has 0 aliphatic rings. The molecule has 0 fully saturated rings. The number of aromatic nitrogens is 2. The molecule has 0 atom stereocenters. The lowest BCUT2D eigenvalue weighted by Crippen LogP contribution is -1.98. The van der Waals surface area contributed by atoms with E-state index in [1.807, 2.05) is 0 Å². The van der Waals surface area contributed by atoms with Crippen LogP contribution in [0, 0.1) is 5.82 Å². The second kappa shape index (κ2) is 3.32. The molecular formula is C9H7FN2O3. The lowest BCUT2D eigenvalue weighted by atomic mass is 10.2. The van der Waals surface area contributed by atoms with Gasteiger partial charge in [0, 0.05) is 0 Å². The van der Waals surface area contributed by atoms with Gasteiger partial charge in [0.05, 0.1) is 11.1 Å². The number of hydrogen-bond donors (Lipinski definition) is 3. The van der Waals surface area contributed by atoms with Crippen molar-refractivity contribution in [3.63, 3.8) is 0 Å². The number of carboxylic acid groups (broad SMARTS) is 1. The van der Waals surface area contributed by atoms with Crippen LogP contribution in [0.1, 0.15) is 16.2 Å². The highest BCUT2D eigenvalue weighted by Crippen LogP contribution is 2.18. The predicted molar refractivity (Wildman–Crippen MR) is 48.9 cm³/mol. The summed E-state index contributed by atoms with van der Waals surface area (Å²) in [4.78, 5) is 17.2. The van der Waals surface area contributed by atoms with Crippen LogP contribution in [0.25, 0.3) is 11.0 Å². The zero-order chi connectivity index (χ0) is 11.0. The fraction of sp³-hybridized carbons (Fsp3) is 0.111. The third kappa shape index (κ3) is 1.55. The molecule has 0 unspecified atom stereocenters. The number of halogens is 1. The number of aromatic amines is 1. The van der Waals surface area contributed by atoms with E-state index in [4.69, 9.17) is 10.2 Å². The maximum Gasteiger partial charge on any atom is 0.338 e. The third-order valence-electron chi connectivity index (χ3n) is 1.98. The molecular weight excluding hydrogens is 203 g/mol. The number of aliphatic hydroxyl groups excluding tert-OH is 1. The number of rotatable bonds is 2. The highest BCUT2D eigenvalue weighted by Gasteiger charge is 2.14. The fourth-order valence-corrected chi connectivity index (χ4v) is 1.37. The van der Waals surface area contributed by atoms with Crippen molar-refractivity contribution in [3.8, 4) is 0 Å². The van der Waals surface area contributed by atoms with E-state index in [0.29, 0.717) is 0 Å². The Labute approximate surface area is 83.2 Å². The highest BCUT2D eigenvalue weighted by molar-refractivity contribution is 6.00. The number of carbonyl (C=O) groups is 1. The molecule has 0 saturated carbocycles. The van der Waals surface area contributed by atoms with Gasteiger partial charge in [-0.3, -0.25) is 0 Å². The number of benzene rings is 1. The van der Waals surface area contributed by atoms with E-state index in [2.05, 4.69) is 9.97 Å². The van der Waals surface area contributed by atoms with Crippen molar-refractivity contribution in [3.05, 3.63) is 29.3 Å². The van der Waals surface area contributed by atoms with Gasteiger partial charge >= 0.3 is 5.97 Å². The standard InChI is InChI=1S/C9H7FN2O3/c10-4-1-5(9(14)15)8-6(2-4)11-7(3-13)12-8/h1-2,13H,3H2,(H,11,12)(H,14,15). The Bertz CT molecular complexity index is 535. The number of aliphatic hydroxyl groups is 1. The lowest BCUT2D eigenvalue weighted by Gasteiger charge is -1.95. The van der Waals surface area contributed by atoms with Gasteiger partial charge in [-0.1, -0.05) is 0 Å². The van der Waals surface area contributed by atoms with E-state index in [-0.39, 0.29) is 29.0 Å². The number of aromatic carboxylic acids is 1. The fourth-order valence-electron chi connectivity index (χ4n) is 1.37. The van der Waals surface area contributed by atoms with Crippen LogP contribution in [0.2, 0.25) is 0 Å². The van der Waals surface area contributed by atoms with Crippen molar-refractivity contribution in [2.75, 3.05) is 0 Å². The van der Waals surface area contributed by atoms with E-state index >= 15 is 0 Å². The molecule has 2 rings (SSSR count). The van der Waals surface area contributed by atoms with Gasteiger partial charge in [0.15, 0.2) is 0 Å². The Hall–Kier alpha value is -1.95. The number of imidazole rings is 1. The zero-order valence-corrected chi connectivity index (χ0v) is 7.49. The first-order valence-corrected chi connectivity index (χ1v) is 4.14. The predicted octanol–water partition coefficient (Wildman–Crippen LogP) is 0.893. The Kier molecular flexibility index (Phi) is 2.12. The first-order chi connectivity index (χ1) is 7.11. The molecule has 3 N–H and O–H groups in total. The van der Waals surface area contributed by atoms with Crippen LogP contribution in [0.15, 0.2) is 12.1 Å². The first kappa shape index (κ1) is 9.60. The summed E-state index contributed by atoms with van der Waals surface area (Å²) in [6, 6.07) is 2.03. The molecule has 1 aromatic heterocycles. The van der Waals surface area contributed by atoms with Crippen molar-refractivity contribution in [2.24, 2.45) is 0 Å². The van der Waals surface area contributed by atoms with Crippen molar-refractivity contribution in [2.45, 2.75) is 6.61 Å². The average molecular weight is 210 g/mol. The second-order valence-electron chi connectivity index (χ2n) is 3.00. The summed E-state index contributed by atoms with van der Waals surface area (Å²) in [7, 11) is 0. The molecule has 15 heavy (non-hydrogen) atoms. The maximum atomic E-state index is 13.0. The molecule has 6 heteroatoms. The van der Waals surface area contributed by atoms with Crippen molar-refractivity contribution < 1.29 is 19.4 Å². The molecule has 2 aromatic rings. The van der Waals surface area contributed by atoms with E-state index < -0.39 is 11.8 Å². The summed E-state index contributed by atoms with van der Waals surface area (Å²) in [5.74, 6) is -1.71. The number of fused-ring (bicyclic) bond motifs is 1. The van der Waals surface area contributed by atoms with Gasteiger partial charge in [-0.2, -0.15) is 0 Å². The van der Waals surface area contributed by atoms with Crippen LogP contribution in [0.3, 0.4) is 0 Å². The van der Waals surface area contributed by atoms with Crippen LogP contribution in [0.4, 0.5) is 4.39 Å². The average Bonchev–Trinajstić information content (AvgIpc) is 2.58. The number of H-pyrrole nitrogens is 1. The van der Waals surface area contributed by atoms with E-state index in [1.54, 1.807) is 0 Å². The summed E-state index contributed by atoms with van der Waals surface area (Å²) in [6.45, 7) is -0.352. The van der Waals surface area contributed by atoms with E-state index in [9.17, 15) is 9.18 Å². The van der Waals surface area contributed by atoms with Gasteiger partial charge < -0.3 is 15.2 Å². The number of hydrogen-bond acceptors (Lipinski definition) is 3. The quantitative estimate of drug-likeness (QED) is 0.687. The molecule has 1 heterocycles. The Morgan fingerprint density at radius 2 is 2.27 bits per heavy atom. The normalized spacial score (nSPS) is 10.8. The summed E-state index contributed by atoms with van der Waals surface area (Å²) in [5, 5.41) is 17.6. The summed E-state index contributed by atoms with van der Waals surface area (Å²) >= 11 is 0. The van der Waals surface area contributed by atoms with Gasteiger partial charge in [0.1, 0.15) is 23.8 Å². The molecule has 5 nitrogen and oxygen atoms in total. The monoisotopic (exact) mass is 210 g/mol. The Balaban J connectivity index is 2.77. The van der Waals surface area contributed by atoms with E-state index in [0.717, 1.165) is 12.1 Å². The first-order valence-electron chi connectivity index (χ1n) is 4.14. The van der Waals surface area contributed by atoms with Gasteiger partial charge in [0.25, 0.3) is 0 Å². The van der Waals surface area contributed by atoms with Crippen LogP contribution >= 0.6 is 0 Å². The molecule has 0 spiro atoms. The second-order valence-corrected chi connectivity index (χ2v) is 3.00. The maximum absolute atomic E-state index is 13.0. The third-order valence-corrected chi connectivity index (χ3v) is 1.98. The molecule has 0 aliphatic heterocycles. The molecule has 1 aromatic carbocycles. The highest BCUT2D eigenvalue weighted by atomic mass is 19.1. The minimum Gasteiger partial charge on any atom is -0.478 e. The van der Waals surface area contributed by atoms with Gasteiger partial charge in [-0.15, -0.1) is 0 Å². The Morgan fingerprint density at radius 1 is 1.53 bits per heavy atom. The summed E-state index contributed by atoms with van der Waals surface area (Å²) in [5.41, 5.74) is 0.186. The summed E-state index contributed by atoms with van der Waals surface area (Å²) < 4.78 is 13.0. The van der Waals surface area contributed by atoms with Crippen molar-refractivity contribution >= 4 is 17.0 Å². The van der Waals surface area contributed by atoms with Crippen LogP contribution in [-0.2, 0) is 6.61 Å². The molecule has 78 valence electrons. The Morgan fingerprint density at radius 3 is 2.87 bits per heavy atom. The van der Waals surface area contributed by atoms with Gasteiger partial charge in [-0.25, -0.2) is 14.2 Å². The molecule has 0 aliphatic carbocycles. The number of nitrogens with one attached hydrogen (secondary N) is 1. The molecule has 0 amide bonds. The molecule has 0 bridgehead atoms. The molecule has 0 saturated heterocycles. The van der Waals surface area contributed by atoms with Crippen LogP contribution in [-0.4, -0.2) is 26.2 Å². The lowest BCUT2D eigenvalue weighted by molar-refractivity contribution is 0.0698. The van der Waals surface area contributed by atoms with E-state index in [1.165, 1.54) is 0 Å².